The van der Waals surface area contributed by atoms with E-state index in [1.807, 2.05) is 20.8 Å². The third-order valence-corrected chi connectivity index (χ3v) is 5.52. The van der Waals surface area contributed by atoms with E-state index in [9.17, 15) is 4.79 Å². The second-order valence-electron chi connectivity index (χ2n) is 4.69. The topological polar surface area (TPSA) is 55.1 Å². The van der Waals surface area contributed by atoms with Gasteiger partial charge in [-0.05, 0) is 39.2 Å². The Bertz CT molecular complexity index is 661. The van der Waals surface area contributed by atoms with E-state index < -0.39 is 0 Å². The first-order valence-electron chi connectivity index (χ1n) is 6.84. The zero-order valence-electron chi connectivity index (χ0n) is 12.1. The molecule has 0 spiro atoms. The number of nitrogens with zero attached hydrogens (tertiary/aromatic N) is 2. The summed E-state index contributed by atoms with van der Waals surface area (Å²) in [6.07, 6.45) is 1.73. The van der Waals surface area contributed by atoms with Gasteiger partial charge in [0.15, 0.2) is 5.16 Å². The second-order valence-corrected chi connectivity index (χ2v) is 6.95. The van der Waals surface area contributed by atoms with Crippen LogP contribution >= 0.6 is 23.1 Å². The van der Waals surface area contributed by atoms with Crippen LogP contribution in [0.25, 0.3) is 10.2 Å². The number of aliphatic hydroxyl groups excluding tert-OH is 1. The van der Waals surface area contributed by atoms with E-state index >= 15 is 0 Å². The fourth-order valence-corrected chi connectivity index (χ4v) is 4.21. The first kappa shape index (κ1) is 15.5. The number of thiophene rings is 1. The highest BCUT2D eigenvalue weighted by Gasteiger charge is 2.15. The molecule has 0 atom stereocenters. The van der Waals surface area contributed by atoms with Crippen molar-refractivity contribution < 1.29 is 5.11 Å². The molecule has 0 fully saturated rings. The Balaban J connectivity index is 2.41. The van der Waals surface area contributed by atoms with Crippen molar-refractivity contribution >= 4 is 33.3 Å². The molecule has 0 saturated carbocycles. The smallest absolute Gasteiger partial charge is 0.263 e. The number of thioether (sulfide) groups is 1. The number of hydrogen-bond acceptors (Lipinski definition) is 5. The molecule has 110 valence electrons. The molecule has 0 aliphatic rings. The average Bonchev–Trinajstić information content (AvgIpc) is 2.70. The molecule has 20 heavy (non-hydrogen) atoms. The highest BCUT2D eigenvalue weighted by Crippen LogP contribution is 2.28. The molecule has 0 amide bonds. The maximum absolute atomic E-state index is 12.6. The van der Waals surface area contributed by atoms with Crippen LogP contribution in [0.4, 0.5) is 0 Å². The molecule has 0 radical (unpaired) electrons. The molecule has 6 heteroatoms. The Labute approximate surface area is 126 Å². The SMILES string of the molecule is CCn1c(SCCCCO)nc2sc(C)c(C)c2c1=O. The van der Waals surface area contributed by atoms with Crippen molar-refractivity contribution in [3.8, 4) is 0 Å². The lowest BCUT2D eigenvalue weighted by atomic mass is 10.2. The average molecular weight is 312 g/mol. The Morgan fingerprint density at radius 3 is 2.75 bits per heavy atom. The normalized spacial score (nSPS) is 11.4. The van der Waals surface area contributed by atoms with E-state index in [-0.39, 0.29) is 12.2 Å². The van der Waals surface area contributed by atoms with Gasteiger partial charge in [-0.3, -0.25) is 9.36 Å². The maximum atomic E-state index is 12.6. The second kappa shape index (κ2) is 6.74. The minimum absolute atomic E-state index is 0.0732. The lowest BCUT2D eigenvalue weighted by Gasteiger charge is -2.09. The van der Waals surface area contributed by atoms with Crippen molar-refractivity contribution in [2.75, 3.05) is 12.4 Å². The largest absolute Gasteiger partial charge is 0.396 e. The van der Waals surface area contributed by atoms with Crippen LogP contribution in [-0.4, -0.2) is 27.0 Å². The molecule has 0 saturated heterocycles. The van der Waals surface area contributed by atoms with Gasteiger partial charge in [-0.25, -0.2) is 4.98 Å². The lowest BCUT2D eigenvalue weighted by Crippen LogP contribution is -2.22. The molecule has 2 heterocycles. The van der Waals surface area contributed by atoms with Gasteiger partial charge in [0.2, 0.25) is 0 Å². The van der Waals surface area contributed by atoms with Gasteiger partial charge in [-0.15, -0.1) is 11.3 Å². The van der Waals surface area contributed by atoms with Crippen molar-refractivity contribution in [2.45, 2.75) is 45.3 Å². The number of hydrogen-bond donors (Lipinski definition) is 1. The van der Waals surface area contributed by atoms with Crippen LogP contribution in [-0.2, 0) is 6.54 Å². The highest BCUT2D eigenvalue weighted by atomic mass is 32.2. The van der Waals surface area contributed by atoms with Gasteiger partial charge >= 0.3 is 0 Å². The number of unbranched alkanes of at least 4 members (excludes halogenated alkanes) is 1. The van der Waals surface area contributed by atoms with Crippen molar-refractivity contribution in [1.82, 2.24) is 9.55 Å². The molecule has 1 N–H and O–H groups in total. The molecule has 4 nitrogen and oxygen atoms in total. The molecular weight excluding hydrogens is 292 g/mol. The first-order valence-corrected chi connectivity index (χ1v) is 8.64. The van der Waals surface area contributed by atoms with Crippen LogP contribution in [0, 0.1) is 13.8 Å². The molecular formula is C14H20N2O2S2. The Hall–Kier alpha value is -0.850. The summed E-state index contributed by atoms with van der Waals surface area (Å²) in [4.78, 5) is 19.3. The summed E-state index contributed by atoms with van der Waals surface area (Å²) in [5, 5.41) is 10.4. The van der Waals surface area contributed by atoms with E-state index in [1.54, 1.807) is 27.7 Å². The maximum Gasteiger partial charge on any atom is 0.263 e. The molecule has 2 aromatic rings. The zero-order valence-corrected chi connectivity index (χ0v) is 13.7. The fourth-order valence-electron chi connectivity index (χ4n) is 2.08. The molecule has 0 bridgehead atoms. The van der Waals surface area contributed by atoms with Crippen LogP contribution in [0.3, 0.4) is 0 Å². The van der Waals surface area contributed by atoms with E-state index in [0.29, 0.717) is 6.54 Å². The van der Waals surface area contributed by atoms with E-state index in [4.69, 9.17) is 5.11 Å². The summed E-state index contributed by atoms with van der Waals surface area (Å²) < 4.78 is 1.76. The molecule has 0 aliphatic heterocycles. The number of aliphatic hydroxyl groups is 1. The predicted octanol–water partition coefficient (Wildman–Crippen LogP) is 2.96. The summed E-state index contributed by atoms with van der Waals surface area (Å²) in [7, 11) is 0. The van der Waals surface area contributed by atoms with Gasteiger partial charge in [0.25, 0.3) is 5.56 Å². The third kappa shape index (κ3) is 2.92. The standard InChI is InChI=1S/C14H20N2O2S2/c1-4-16-13(18)11-9(2)10(3)20-12(11)15-14(16)19-8-6-5-7-17/h17H,4-8H2,1-3H3. The van der Waals surface area contributed by atoms with Gasteiger partial charge in [-0.1, -0.05) is 11.8 Å². The number of aromatic nitrogens is 2. The Morgan fingerprint density at radius 2 is 2.10 bits per heavy atom. The monoisotopic (exact) mass is 312 g/mol. The van der Waals surface area contributed by atoms with Gasteiger partial charge in [0.1, 0.15) is 4.83 Å². The number of fused-ring (bicyclic) bond motifs is 1. The van der Waals surface area contributed by atoms with E-state index in [2.05, 4.69) is 4.98 Å². The van der Waals surface area contributed by atoms with Crippen molar-refractivity contribution in [3.63, 3.8) is 0 Å². The highest BCUT2D eigenvalue weighted by molar-refractivity contribution is 7.99. The number of aryl methyl sites for hydroxylation is 2. The van der Waals surface area contributed by atoms with Crippen LogP contribution in [0.5, 0.6) is 0 Å². The van der Waals surface area contributed by atoms with Crippen LogP contribution < -0.4 is 5.56 Å². The Morgan fingerprint density at radius 1 is 1.35 bits per heavy atom. The van der Waals surface area contributed by atoms with Crippen molar-refractivity contribution in [3.05, 3.63) is 20.8 Å². The lowest BCUT2D eigenvalue weighted by molar-refractivity contribution is 0.287. The summed E-state index contributed by atoms with van der Waals surface area (Å²) >= 11 is 3.20. The quantitative estimate of drug-likeness (QED) is 0.506. The summed E-state index contributed by atoms with van der Waals surface area (Å²) in [6.45, 7) is 6.85. The molecule has 2 aromatic heterocycles. The van der Waals surface area contributed by atoms with Crippen LogP contribution in [0.15, 0.2) is 9.95 Å². The molecule has 0 aliphatic carbocycles. The van der Waals surface area contributed by atoms with E-state index in [0.717, 1.165) is 44.4 Å². The zero-order chi connectivity index (χ0) is 14.7. The molecule has 0 unspecified atom stereocenters. The van der Waals surface area contributed by atoms with Crippen LogP contribution in [0.1, 0.15) is 30.2 Å². The van der Waals surface area contributed by atoms with E-state index in [1.165, 1.54) is 0 Å². The van der Waals surface area contributed by atoms with Crippen molar-refractivity contribution in [2.24, 2.45) is 0 Å². The minimum Gasteiger partial charge on any atom is -0.396 e. The summed E-state index contributed by atoms with van der Waals surface area (Å²) in [5.74, 6) is 0.877. The Kier molecular flexibility index (Phi) is 5.23. The van der Waals surface area contributed by atoms with Crippen LogP contribution in [0.2, 0.25) is 0 Å². The van der Waals surface area contributed by atoms with Gasteiger partial charge in [0.05, 0.1) is 5.39 Å². The summed E-state index contributed by atoms with van der Waals surface area (Å²) in [5.41, 5.74) is 1.13. The molecule has 0 aromatic carbocycles. The van der Waals surface area contributed by atoms with Crippen molar-refractivity contribution in [1.29, 1.82) is 0 Å². The third-order valence-electron chi connectivity index (χ3n) is 3.35. The van der Waals surface area contributed by atoms with Gasteiger partial charge in [-0.2, -0.15) is 0 Å². The first-order chi connectivity index (χ1) is 9.60. The summed E-state index contributed by atoms with van der Waals surface area (Å²) in [6, 6.07) is 0. The number of rotatable bonds is 6. The molecule has 2 rings (SSSR count). The van der Waals surface area contributed by atoms with Gasteiger partial charge < -0.3 is 5.11 Å². The predicted molar refractivity (Wildman–Crippen MR) is 86.1 cm³/mol. The van der Waals surface area contributed by atoms with Gasteiger partial charge in [0, 0.05) is 23.8 Å². The fraction of sp³-hybridized carbons (Fsp3) is 0.571. The minimum atomic E-state index is 0.0732.